The monoisotopic (exact) mass is 270 g/mol. The molecule has 0 amide bonds. The molecule has 1 N–H and O–H groups in total. The number of carboxylic acids is 1. The summed E-state index contributed by atoms with van der Waals surface area (Å²) in [6.07, 6.45) is 8.47. The smallest absolute Gasteiger partial charge is 0.313 e. The van der Waals surface area contributed by atoms with Crippen LogP contribution in [0.4, 0.5) is 0 Å². The minimum absolute atomic E-state index is 0.0525. The van der Waals surface area contributed by atoms with Crippen molar-refractivity contribution in [3.05, 3.63) is 12.4 Å². The molecule has 100 valence electrons. The van der Waals surface area contributed by atoms with Crippen LogP contribution < -0.4 is 0 Å². The first-order chi connectivity index (χ1) is 8.75. The molecule has 1 aliphatic rings. The van der Waals surface area contributed by atoms with Gasteiger partial charge in [0.1, 0.15) is 0 Å². The first-order valence-corrected chi connectivity index (χ1v) is 7.21. The number of aromatic nitrogens is 2. The van der Waals surface area contributed by atoms with E-state index >= 15 is 0 Å². The highest BCUT2D eigenvalue weighted by molar-refractivity contribution is 7.99. The maximum atomic E-state index is 10.5. The van der Waals surface area contributed by atoms with E-state index in [2.05, 4.69) is 4.98 Å². The van der Waals surface area contributed by atoms with Gasteiger partial charge in [0.05, 0.1) is 11.9 Å². The molecule has 0 saturated carbocycles. The minimum Gasteiger partial charge on any atom is -0.481 e. The molecular formula is C12H18N2O3S. The summed E-state index contributed by atoms with van der Waals surface area (Å²) in [4.78, 5) is 14.7. The zero-order valence-corrected chi connectivity index (χ0v) is 11.1. The molecule has 1 aromatic heterocycles. The Balaban J connectivity index is 1.81. The van der Waals surface area contributed by atoms with Crippen molar-refractivity contribution in [1.82, 2.24) is 9.55 Å². The van der Waals surface area contributed by atoms with Crippen LogP contribution >= 0.6 is 11.8 Å². The molecule has 1 aromatic rings. The van der Waals surface area contributed by atoms with Gasteiger partial charge in [-0.05, 0) is 25.7 Å². The fraction of sp³-hybridized carbons (Fsp3) is 0.667. The van der Waals surface area contributed by atoms with Gasteiger partial charge in [0.25, 0.3) is 0 Å². The molecule has 1 unspecified atom stereocenters. The number of carboxylic acid groups (broad SMARTS) is 1. The summed E-state index contributed by atoms with van der Waals surface area (Å²) in [6, 6.07) is 0. The molecule has 6 heteroatoms. The Kier molecular flexibility index (Phi) is 5.07. The van der Waals surface area contributed by atoms with Crippen molar-refractivity contribution in [2.75, 3.05) is 12.4 Å². The lowest BCUT2D eigenvalue weighted by atomic mass is 10.1. The van der Waals surface area contributed by atoms with Crippen LogP contribution in [0.2, 0.25) is 0 Å². The molecule has 0 spiro atoms. The summed E-state index contributed by atoms with van der Waals surface area (Å²) in [7, 11) is 0. The average molecular weight is 270 g/mol. The molecule has 18 heavy (non-hydrogen) atoms. The average Bonchev–Trinajstić information content (AvgIpc) is 2.82. The highest BCUT2D eigenvalue weighted by atomic mass is 32.2. The molecule has 0 aliphatic carbocycles. The third-order valence-corrected chi connectivity index (χ3v) is 3.96. The second-order valence-corrected chi connectivity index (χ2v) is 5.31. The van der Waals surface area contributed by atoms with E-state index in [0.29, 0.717) is 6.10 Å². The summed E-state index contributed by atoms with van der Waals surface area (Å²) in [5.41, 5.74) is 0. The SMILES string of the molecule is O=C(O)CSc1nccn1CCC1CCCCO1. The zero-order chi connectivity index (χ0) is 12.8. The van der Waals surface area contributed by atoms with Crippen molar-refractivity contribution >= 4 is 17.7 Å². The van der Waals surface area contributed by atoms with Gasteiger partial charge in [-0.15, -0.1) is 0 Å². The van der Waals surface area contributed by atoms with E-state index in [-0.39, 0.29) is 5.75 Å². The molecule has 0 bridgehead atoms. The highest BCUT2D eigenvalue weighted by Gasteiger charge is 2.14. The Morgan fingerprint density at radius 1 is 1.61 bits per heavy atom. The molecule has 0 radical (unpaired) electrons. The Morgan fingerprint density at radius 3 is 3.22 bits per heavy atom. The Morgan fingerprint density at radius 2 is 2.50 bits per heavy atom. The lowest BCUT2D eigenvalue weighted by Crippen LogP contribution is -2.20. The van der Waals surface area contributed by atoms with E-state index in [4.69, 9.17) is 9.84 Å². The maximum absolute atomic E-state index is 10.5. The van der Waals surface area contributed by atoms with Crippen molar-refractivity contribution in [1.29, 1.82) is 0 Å². The number of thioether (sulfide) groups is 1. The van der Waals surface area contributed by atoms with Crippen LogP contribution in [-0.2, 0) is 16.1 Å². The van der Waals surface area contributed by atoms with Gasteiger partial charge in [-0.3, -0.25) is 4.79 Å². The number of hydrogen-bond acceptors (Lipinski definition) is 4. The van der Waals surface area contributed by atoms with Gasteiger partial charge < -0.3 is 14.4 Å². The lowest BCUT2D eigenvalue weighted by Gasteiger charge is -2.22. The summed E-state index contributed by atoms with van der Waals surface area (Å²) in [6.45, 7) is 1.71. The van der Waals surface area contributed by atoms with Gasteiger partial charge in [0.2, 0.25) is 0 Å². The van der Waals surface area contributed by atoms with Crippen LogP contribution in [0.5, 0.6) is 0 Å². The predicted octanol–water partition coefficient (Wildman–Crippen LogP) is 2.02. The second kappa shape index (κ2) is 6.80. The third-order valence-electron chi connectivity index (χ3n) is 2.97. The quantitative estimate of drug-likeness (QED) is 0.801. The molecule has 2 heterocycles. The number of aryl methyl sites for hydroxylation is 1. The first-order valence-electron chi connectivity index (χ1n) is 6.23. The summed E-state index contributed by atoms with van der Waals surface area (Å²) in [5, 5.41) is 9.43. The van der Waals surface area contributed by atoms with E-state index in [1.807, 2.05) is 10.8 Å². The van der Waals surface area contributed by atoms with Crippen molar-refractivity contribution in [3.63, 3.8) is 0 Å². The molecule has 0 aromatic carbocycles. The minimum atomic E-state index is -0.815. The second-order valence-electron chi connectivity index (χ2n) is 4.36. The fourth-order valence-corrected chi connectivity index (χ4v) is 2.76. The molecule has 1 aliphatic heterocycles. The van der Waals surface area contributed by atoms with Gasteiger partial charge in [-0.25, -0.2) is 4.98 Å². The normalized spacial score (nSPS) is 19.9. The number of rotatable bonds is 6. The fourth-order valence-electron chi connectivity index (χ4n) is 2.05. The van der Waals surface area contributed by atoms with E-state index in [0.717, 1.165) is 31.1 Å². The van der Waals surface area contributed by atoms with Gasteiger partial charge in [0, 0.05) is 25.5 Å². The van der Waals surface area contributed by atoms with Crippen LogP contribution in [0, 0.1) is 0 Å². The number of hydrogen-bond donors (Lipinski definition) is 1. The van der Waals surface area contributed by atoms with Crippen LogP contribution in [-0.4, -0.2) is 39.1 Å². The molecule has 1 fully saturated rings. The molecule has 2 rings (SSSR count). The standard InChI is InChI=1S/C12H18N2O3S/c15-11(16)9-18-12-13-5-7-14(12)6-4-10-3-1-2-8-17-10/h5,7,10H,1-4,6,8-9H2,(H,15,16). The third kappa shape index (κ3) is 4.03. The zero-order valence-electron chi connectivity index (χ0n) is 10.2. The molecule has 1 atom stereocenters. The number of carbonyl (C=O) groups is 1. The lowest BCUT2D eigenvalue weighted by molar-refractivity contribution is -0.133. The predicted molar refractivity (Wildman–Crippen MR) is 68.8 cm³/mol. The number of nitrogens with zero attached hydrogens (tertiary/aromatic N) is 2. The summed E-state index contributed by atoms with van der Waals surface area (Å²) in [5.74, 6) is -0.762. The van der Waals surface area contributed by atoms with E-state index in [1.165, 1.54) is 24.6 Å². The van der Waals surface area contributed by atoms with E-state index < -0.39 is 5.97 Å². The van der Waals surface area contributed by atoms with Crippen molar-refractivity contribution in [2.24, 2.45) is 0 Å². The number of aliphatic carboxylic acids is 1. The molecular weight excluding hydrogens is 252 g/mol. The van der Waals surface area contributed by atoms with E-state index in [1.54, 1.807) is 6.20 Å². The van der Waals surface area contributed by atoms with Crippen LogP contribution in [0.25, 0.3) is 0 Å². The molecule has 1 saturated heterocycles. The topological polar surface area (TPSA) is 64.3 Å². The van der Waals surface area contributed by atoms with Crippen LogP contribution in [0.3, 0.4) is 0 Å². The molecule has 5 nitrogen and oxygen atoms in total. The van der Waals surface area contributed by atoms with Crippen LogP contribution in [0.1, 0.15) is 25.7 Å². The Labute approximate surface area is 111 Å². The van der Waals surface area contributed by atoms with Crippen molar-refractivity contribution < 1.29 is 14.6 Å². The summed E-state index contributed by atoms with van der Waals surface area (Å²) < 4.78 is 7.69. The highest BCUT2D eigenvalue weighted by Crippen LogP contribution is 2.19. The first kappa shape index (κ1) is 13.4. The van der Waals surface area contributed by atoms with Crippen molar-refractivity contribution in [2.45, 2.75) is 43.5 Å². The van der Waals surface area contributed by atoms with Gasteiger partial charge >= 0.3 is 5.97 Å². The number of imidazole rings is 1. The Hall–Kier alpha value is -1.01. The summed E-state index contributed by atoms with van der Waals surface area (Å²) >= 11 is 1.26. The van der Waals surface area contributed by atoms with Gasteiger partial charge in [0.15, 0.2) is 5.16 Å². The van der Waals surface area contributed by atoms with Crippen molar-refractivity contribution in [3.8, 4) is 0 Å². The van der Waals surface area contributed by atoms with Crippen LogP contribution in [0.15, 0.2) is 17.6 Å². The van der Waals surface area contributed by atoms with E-state index in [9.17, 15) is 4.79 Å². The Bertz CT molecular complexity index is 388. The van der Waals surface area contributed by atoms with Gasteiger partial charge in [-0.2, -0.15) is 0 Å². The number of ether oxygens (including phenoxy) is 1. The largest absolute Gasteiger partial charge is 0.481 e. The maximum Gasteiger partial charge on any atom is 0.313 e. The van der Waals surface area contributed by atoms with Gasteiger partial charge in [-0.1, -0.05) is 11.8 Å².